The lowest BCUT2D eigenvalue weighted by Gasteiger charge is -2.11. The summed E-state index contributed by atoms with van der Waals surface area (Å²) < 4.78 is 0. The normalized spacial score (nSPS) is 10.0. The molecule has 2 aromatic rings. The van der Waals surface area contributed by atoms with Crippen molar-refractivity contribution in [1.82, 2.24) is 0 Å². The quantitative estimate of drug-likeness (QED) is 0.834. The summed E-state index contributed by atoms with van der Waals surface area (Å²) >= 11 is 5.83. The van der Waals surface area contributed by atoms with Crippen LogP contribution in [-0.2, 0) is 9.59 Å². The molecule has 0 aromatic heterocycles. The van der Waals surface area contributed by atoms with Crippen molar-refractivity contribution in [3.05, 3.63) is 58.6 Å². The molecule has 0 spiro atoms. The highest BCUT2D eigenvalue weighted by atomic mass is 35.5. The molecule has 2 N–H and O–H groups in total. The van der Waals surface area contributed by atoms with Crippen LogP contribution >= 0.6 is 11.6 Å². The van der Waals surface area contributed by atoms with Gasteiger partial charge in [0.15, 0.2) is 0 Å². The second-order valence-electron chi connectivity index (χ2n) is 4.69. The zero-order valence-corrected chi connectivity index (χ0v) is 12.5. The van der Waals surface area contributed by atoms with Crippen LogP contribution in [0.2, 0.25) is 5.02 Å². The van der Waals surface area contributed by atoms with E-state index in [9.17, 15) is 9.59 Å². The lowest BCUT2D eigenvalue weighted by Crippen LogP contribution is -2.29. The third-order valence-electron chi connectivity index (χ3n) is 3.01. The van der Waals surface area contributed by atoms with E-state index in [1.807, 2.05) is 32.0 Å². The molecule has 0 aliphatic rings. The molecule has 0 fully saturated rings. The fraction of sp³-hybridized carbons (Fsp3) is 0.125. The second-order valence-corrected chi connectivity index (χ2v) is 5.12. The minimum atomic E-state index is -0.736. The number of anilines is 2. The number of nitrogens with one attached hydrogen (secondary N) is 2. The molecule has 0 bridgehead atoms. The van der Waals surface area contributed by atoms with E-state index in [4.69, 9.17) is 11.6 Å². The molecule has 0 aliphatic carbocycles. The fourth-order valence-corrected chi connectivity index (χ4v) is 2.13. The number of amides is 2. The molecule has 108 valence electrons. The van der Waals surface area contributed by atoms with Crippen LogP contribution in [-0.4, -0.2) is 11.8 Å². The van der Waals surface area contributed by atoms with Crippen LogP contribution in [0.4, 0.5) is 11.4 Å². The summed E-state index contributed by atoms with van der Waals surface area (Å²) in [5.41, 5.74) is 2.94. The van der Waals surface area contributed by atoms with E-state index >= 15 is 0 Å². The molecular formula is C16H15ClN2O2. The second kappa shape index (κ2) is 6.41. The predicted molar refractivity (Wildman–Crippen MR) is 84.6 cm³/mol. The first kappa shape index (κ1) is 15.1. The van der Waals surface area contributed by atoms with Crippen LogP contribution in [0.5, 0.6) is 0 Å². The standard InChI is InChI=1S/C16H15ClN2O2/c1-10-5-3-6-11(2)14(10)19-16(21)15(20)18-13-8-4-7-12(17)9-13/h3-9H,1-2H3,(H,18,20)(H,19,21). The van der Waals surface area contributed by atoms with Gasteiger partial charge in [0.2, 0.25) is 0 Å². The van der Waals surface area contributed by atoms with Gasteiger partial charge in [0, 0.05) is 16.4 Å². The molecule has 0 unspecified atom stereocenters. The van der Waals surface area contributed by atoms with Crippen molar-refractivity contribution in [3.63, 3.8) is 0 Å². The molecule has 0 saturated heterocycles. The van der Waals surface area contributed by atoms with Crippen LogP contribution < -0.4 is 10.6 Å². The Morgan fingerprint density at radius 3 is 2.10 bits per heavy atom. The summed E-state index contributed by atoms with van der Waals surface area (Å²) in [4.78, 5) is 23.8. The molecule has 4 nitrogen and oxygen atoms in total. The molecule has 2 rings (SSSR count). The highest BCUT2D eigenvalue weighted by Crippen LogP contribution is 2.19. The van der Waals surface area contributed by atoms with E-state index in [0.717, 1.165) is 11.1 Å². The minimum Gasteiger partial charge on any atom is -0.318 e. The number of hydrogen-bond acceptors (Lipinski definition) is 2. The number of para-hydroxylation sites is 1. The molecule has 0 aliphatic heterocycles. The number of rotatable bonds is 2. The highest BCUT2D eigenvalue weighted by Gasteiger charge is 2.16. The maximum atomic E-state index is 12.0. The summed E-state index contributed by atoms with van der Waals surface area (Å²) in [6.07, 6.45) is 0. The van der Waals surface area contributed by atoms with Crippen LogP contribution in [0.25, 0.3) is 0 Å². The van der Waals surface area contributed by atoms with Gasteiger partial charge >= 0.3 is 11.8 Å². The number of aryl methyl sites for hydroxylation is 2. The van der Waals surface area contributed by atoms with Crippen LogP contribution in [0.15, 0.2) is 42.5 Å². The molecule has 0 atom stereocenters. The van der Waals surface area contributed by atoms with Gasteiger partial charge in [0.25, 0.3) is 0 Å². The molecule has 0 radical (unpaired) electrons. The monoisotopic (exact) mass is 302 g/mol. The van der Waals surface area contributed by atoms with Crippen LogP contribution in [0, 0.1) is 13.8 Å². The summed E-state index contributed by atoms with van der Waals surface area (Å²) in [7, 11) is 0. The van der Waals surface area contributed by atoms with Gasteiger partial charge in [0.1, 0.15) is 0 Å². The van der Waals surface area contributed by atoms with Gasteiger partial charge < -0.3 is 10.6 Å². The number of halogens is 1. The Hall–Kier alpha value is -2.33. The van der Waals surface area contributed by atoms with Crippen molar-refractivity contribution >= 4 is 34.8 Å². The zero-order chi connectivity index (χ0) is 15.4. The molecule has 2 amide bonds. The van der Waals surface area contributed by atoms with Gasteiger partial charge in [-0.25, -0.2) is 0 Å². The van der Waals surface area contributed by atoms with Crippen LogP contribution in [0.3, 0.4) is 0 Å². The van der Waals surface area contributed by atoms with Crippen molar-refractivity contribution in [3.8, 4) is 0 Å². The molecule has 5 heteroatoms. The van der Waals surface area contributed by atoms with E-state index in [1.54, 1.807) is 24.3 Å². The van der Waals surface area contributed by atoms with E-state index < -0.39 is 11.8 Å². The van der Waals surface area contributed by atoms with Crippen molar-refractivity contribution in [2.24, 2.45) is 0 Å². The molecule has 0 saturated carbocycles. The SMILES string of the molecule is Cc1cccc(C)c1NC(=O)C(=O)Nc1cccc(Cl)c1. The van der Waals surface area contributed by atoms with Gasteiger partial charge in [0.05, 0.1) is 0 Å². The molecular weight excluding hydrogens is 288 g/mol. The predicted octanol–water partition coefficient (Wildman–Crippen LogP) is 3.53. The van der Waals surface area contributed by atoms with Gasteiger partial charge in [-0.05, 0) is 43.2 Å². The summed E-state index contributed by atoms with van der Waals surface area (Å²) in [6, 6.07) is 12.3. The molecule has 21 heavy (non-hydrogen) atoms. The third kappa shape index (κ3) is 3.83. The van der Waals surface area contributed by atoms with Gasteiger partial charge in [-0.2, -0.15) is 0 Å². The Morgan fingerprint density at radius 2 is 1.48 bits per heavy atom. The Kier molecular flexibility index (Phi) is 4.60. The summed E-state index contributed by atoms with van der Waals surface area (Å²) in [5.74, 6) is -1.45. The minimum absolute atomic E-state index is 0.476. The largest absolute Gasteiger partial charge is 0.318 e. The lowest BCUT2D eigenvalue weighted by molar-refractivity contribution is -0.133. The third-order valence-corrected chi connectivity index (χ3v) is 3.24. The fourth-order valence-electron chi connectivity index (χ4n) is 1.94. The average Bonchev–Trinajstić information content (AvgIpc) is 2.43. The van der Waals surface area contributed by atoms with E-state index in [0.29, 0.717) is 16.4 Å². The van der Waals surface area contributed by atoms with Crippen molar-refractivity contribution in [2.45, 2.75) is 13.8 Å². The maximum Gasteiger partial charge on any atom is 0.314 e. The first-order valence-corrected chi connectivity index (χ1v) is 6.79. The number of carbonyl (C=O) groups is 2. The average molecular weight is 303 g/mol. The van der Waals surface area contributed by atoms with Crippen LogP contribution in [0.1, 0.15) is 11.1 Å². The Morgan fingerprint density at radius 1 is 0.905 bits per heavy atom. The molecule has 0 heterocycles. The lowest BCUT2D eigenvalue weighted by atomic mass is 10.1. The summed E-state index contributed by atoms with van der Waals surface area (Å²) in [6.45, 7) is 3.75. The van der Waals surface area contributed by atoms with Gasteiger partial charge in [-0.1, -0.05) is 35.9 Å². The maximum absolute atomic E-state index is 12.0. The van der Waals surface area contributed by atoms with E-state index in [2.05, 4.69) is 10.6 Å². The first-order valence-electron chi connectivity index (χ1n) is 6.41. The van der Waals surface area contributed by atoms with Crippen molar-refractivity contribution < 1.29 is 9.59 Å². The Bertz CT molecular complexity index is 678. The smallest absolute Gasteiger partial charge is 0.314 e. The topological polar surface area (TPSA) is 58.2 Å². The highest BCUT2D eigenvalue weighted by molar-refractivity contribution is 6.44. The van der Waals surface area contributed by atoms with E-state index in [-0.39, 0.29) is 0 Å². The van der Waals surface area contributed by atoms with Gasteiger partial charge in [-0.3, -0.25) is 9.59 Å². The van der Waals surface area contributed by atoms with E-state index in [1.165, 1.54) is 0 Å². The zero-order valence-electron chi connectivity index (χ0n) is 11.7. The molecule has 2 aromatic carbocycles. The van der Waals surface area contributed by atoms with Crippen molar-refractivity contribution in [2.75, 3.05) is 10.6 Å². The number of benzene rings is 2. The Balaban J connectivity index is 2.08. The van der Waals surface area contributed by atoms with Gasteiger partial charge in [-0.15, -0.1) is 0 Å². The number of hydrogen-bond donors (Lipinski definition) is 2. The first-order chi connectivity index (χ1) is 9.97. The Labute approximate surface area is 128 Å². The number of carbonyl (C=O) groups excluding carboxylic acids is 2. The summed E-state index contributed by atoms with van der Waals surface area (Å²) in [5, 5.41) is 5.62. The van der Waals surface area contributed by atoms with Crippen molar-refractivity contribution in [1.29, 1.82) is 0 Å².